The number of rotatable bonds is 5. The molecule has 14 heteroatoms. The van der Waals surface area contributed by atoms with Crippen LogP contribution >= 0.6 is 11.6 Å². The summed E-state index contributed by atoms with van der Waals surface area (Å²) in [5, 5.41) is 32.1. The Kier molecular flexibility index (Phi) is 8.12. The first-order chi connectivity index (χ1) is 18.8. The minimum absolute atomic E-state index is 0.124. The number of hydrazine groups is 1. The number of hydrogen-bond acceptors (Lipinski definition) is 11. The number of imidazole rings is 1. The number of aliphatic hydroxyl groups is 3. The van der Waals surface area contributed by atoms with Gasteiger partial charge in [-0.2, -0.15) is 0 Å². The van der Waals surface area contributed by atoms with Gasteiger partial charge in [-0.05, 0) is 42.9 Å². The van der Waals surface area contributed by atoms with E-state index in [1.165, 1.54) is 10.9 Å². The van der Waals surface area contributed by atoms with E-state index >= 15 is 0 Å². The van der Waals surface area contributed by atoms with Gasteiger partial charge < -0.3 is 30.5 Å². The van der Waals surface area contributed by atoms with Gasteiger partial charge in [-0.3, -0.25) is 9.99 Å². The van der Waals surface area contributed by atoms with Crippen molar-refractivity contribution in [3.63, 3.8) is 0 Å². The molecule has 2 saturated heterocycles. The number of aromatic nitrogens is 4. The number of anilines is 1. The molecule has 0 spiro atoms. The number of carbonyl (C=O) groups excluding carboxylic acids is 1. The zero-order valence-electron chi connectivity index (χ0n) is 20.8. The summed E-state index contributed by atoms with van der Waals surface area (Å²) in [4.78, 5) is 25.0. The minimum Gasteiger partial charge on any atom is -0.409 e. The third-order valence-electron chi connectivity index (χ3n) is 6.70. The second-order valence-electron chi connectivity index (χ2n) is 9.38. The Labute approximate surface area is 228 Å². The van der Waals surface area contributed by atoms with Crippen LogP contribution in [0.4, 0.5) is 10.6 Å². The van der Waals surface area contributed by atoms with Crippen LogP contribution in [0.1, 0.15) is 31.3 Å². The van der Waals surface area contributed by atoms with Gasteiger partial charge in [0.25, 0.3) is 0 Å². The first-order valence-corrected chi connectivity index (χ1v) is 12.8. The topological polar surface area (TPSA) is 181 Å². The van der Waals surface area contributed by atoms with Gasteiger partial charge in [0.1, 0.15) is 29.6 Å². The summed E-state index contributed by atoms with van der Waals surface area (Å²) in [5.74, 6) is 7.07. The molecule has 0 saturated carbocycles. The highest BCUT2D eigenvalue weighted by Crippen LogP contribution is 2.32. The molecule has 1 aromatic carbocycles. The smallest absolute Gasteiger partial charge is 0.409 e. The van der Waals surface area contributed by atoms with Crippen LogP contribution in [-0.2, 0) is 4.74 Å². The van der Waals surface area contributed by atoms with Crippen molar-refractivity contribution >= 4 is 34.7 Å². The van der Waals surface area contributed by atoms with E-state index < -0.39 is 37.2 Å². The molecular weight excluding hydrogens is 530 g/mol. The second kappa shape index (κ2) is 11.7. The van der Waals surface area contributed by atoms with Gasteiger partial charge in [0.05, 0.1) is 12.9 Å². The van der Waals surface area contributed by atoms with Crippen molar-refractivity contribution in [2.75, 3.05) is 25.4 Å². The van der Waals surface area contributed by atoms with Crippen LogP contribution in [0.15, 0.2) is 30.6 Å². The third kappa shape index (κ3) is 6.06. The van der Waals surface area contributed by atoms with Crippen LogP contribution in [-0.4, -0.2) is 83.9 Å². The first kappa shape index (κ1) is 27.1. The molecule has 2 aliphatic heterocycles. The highest BCUT2D eigenvalue weighted by molar-refractivity contribution is 6.30. The largest absolute Gasteiger partial charge is 0.427 e. The van der Waals surface area contributed by atoms with Crippen LogP contribution < -0.4 is 15.9 Å². The van der Waals surface area contributed by atoms with E-state index in [1.54, 1.807) is 24.3 Å². The lowest BCUT2D eigenvalue weighted by Gasteiger charge is -2.30. The zero-order chi connectivity index (χ0) is 27.5. The predicted octanol–water partition coefficient (Wildman–Crippen LogP) is 0.831. The highest BCUT2D eigenvalue weighted by Gasteiger charge is 2.44. The Balaban J connectivity index is 1.17. The normalized spacial score (nSPS) is 23.9. The average molecular weight is 558 g/mol. The van der Waals surface area contributed by atoms with E-state index in [-0.39, 0.29) is 11.6 Å². The lowest BCUT2D eigenvalue weighted by molar-refractivity contribution is -0.0511. The molecule has 2 aliphatic rings. The number of aliphatic hydroxyl groups excluding tert-OH is 3. The number of halogens is 1. The molecule has 0 radical (unpaired) electrons. The summed E-state index contributed by atoms with van der Waals surface area (Å²) in [6, 6.07) is 6.63. The van der Waals surface area contributed by atoms with E-state index in [0.717, 1.165) is 12.8 Å². The maximum absolute atomic E-state index is 12.2. The second-order valence-corrected chi connectivity index (χ2v) is 9.82. The predicted molar refractivity (Wildman–Crippen MR) is 139 cm³/mol. The maximum Gasteiger partial charge on any atom is 0.427 e. The molecule has 4 heterocycles. The molecule has 2 fully saturated rings. The Morgan fingerprint density at radius 1 is 1.26 bits per heavy atom. The SMILES string of the molecule is Nc1nc(C#CCC2CCN(NC(=O)Oc3cccc(Cl)c3)CC2)nc2c1ncn2[C@@H]1O[C@H](CO)[C@@H](O)[C@H]1O. The van der Waals surface area contributed by atoms with E-state index in [4.69, 9.17) is 26.8 Å². The summed E-state index contributed by atoms with van der Waals surface area (Å²) in [6.45, 7) is 0.850. The highest BCUT2D eigenvalue weighted by atomic mass is 35.5. The Morgan fingerprint density at radius 3 is 2.77 bits per heavy atom. The number of carbonyl (C=O) groups is 1. The molecule has 3 aromatic rings. The summed E-state index contributed by atoms with van der Waals surface area (Å²) in [7, 11) is 0. The third-order valence-corrected chi connectivity index (χ3v) is 6.94. The van der Waals surface area contributed by atoms with Crippen LogP contribution in [0.2, 0.25) is 5.02 Å². The molecule has 206 valence electrons. The molecule has 4 atom stereocenters. The van der Waals surface area contributed by atoms with Gasteiger partial charge in [-0.15, -0.1) is 0 Å². The number of hydrogen-bond donors (Lipinski definition) is 5. The number of piperidine rings is 1. The molecule has 13 nitrogen and oxygen atoms in total. The van der Waals surface area contributed by atoms with Crippen LogP contribution in [0, 0.1) is 17.8 Å². The van der Waals surface area contributed by atoms with Gasteiger partial charge in [-0.25, -0.2) is 24.8 Å². The van der Waals surface area contributed by atoms with E-state index in [0.29, 0.717) is 47.4 Å². The van der Waals surface area contributed by atoms with Crippen molar-refractivity contribution in [3.05, 3.63) is 41.4 Å². The van der Waals surface area contributed by atoms with E-state index in [9.17, 15) is 20.1 Å². The van der Waals surface area contributed by atoms with Crippen molar-refractivity contribution in [1.82, 2.24) is 30.0 Å². The molecule has 2 aromatic heterocycles. The van der Waals surface area contributed by atoms with Crippen LogP contribution in [0.25, 0.3) is 11.2 Å². The number of amides is 1. The number of ether oxygens (including phenoxy) is 2. The van der Waals surface area contributed by atoms with Gasteiger partial charge in [-0.1, -0.05) is 23.6 Å². The molecule has 0 bridgehead atoms. The van der Waals surface area contributed by atoms with Gasteiger partial charge in [0.2, 0.25) is 5.82 Å². The summed E-state index contributed by atoms with van der Waals surface area (Å²) in [5.41, 5.74) is 9.42. The Hall–Kier alpha value is -3.51. The quantitative estimate of drug-likeness (QED) is 0.280. The van der Waals surface area contributed by atoms with Gasteiger partial charge in [0, 0.05) is 24.5 Å². The number of nitrogen functional groups attached to an aromatic ring is 1. The van der Waals surface area contributed by atoms with Gasteiger partial charge in [0.15, 0.2) is 17.7 Å². The Morgan fingerprint density at radius 2 is 2.05 bits per heavy atom. The lowest BCUT2D eigenvalue weighted by atomic mass is 9.94. The van der Waals surface area contributed by atoms with Crippen molar-refractivity contribution < 1.29 is 29.6 Å². The molecule has 1 amide bonds. The molecule has 6 N–H and O–H groups in total. The van der Waals surface area contributed by atoms with E-state index in [1.807, 2.05) is 5.01 Å². The standard InChI is InChI=1S/C25H28ClN7O6/c26-15-4-2-5-16(11-15)38-25(37)31-32-9-7-14(8-10-32)3-1-6-18-29-22(27)19-23(30-18)33(13-28-19)24-21(36)20(35)17(12-34)39-24/h2,4-5,11,13-14,17,20-21,24,34-36H,3,7-10,12H2,(H,31,37)(H2,27,29,30)/t17-,20-,21-,24-/m1/s1. The van der Waals surface area contributed by atoms with Crippen molar-refractivity contribution in [2.45, 2.75) is 43.8 Å². The van der Waals surface area contributed by atoms with Crippen molar-refractivity contribution in [1.29, 1.82) is 0 Å². The van der Waals surface area contributed by atoms with Crippen LogP contribution in [0.5, 0.6) is 5.75 Å². The maximum atomic E-state index is 12.2. The molecule has 39 heavy (non-hydrogen) atoms. The first-order valence-electron chi connectivity index (χ1n) is 12.4. The summed E-state index contributed by atoms with van der Waals surface area (Å²) >= 11 is 5.92. The number of nitrogens with one attached hydrogen (secondary N) is 1. The summed E-state index contributed by atoms with van der Waals surface area (Å²) in [6.07, 6.45) is -1.41. The summed E-state index contributed by atoms with van der Waals surface area (Å²) < 4.78 is 12.3. The lowest BCUT2D eigenvalue weighted by Crippen LogP contribution is -2.47. The minimum atomic E-state index is -1.29. The average Bonchev–Trinajstić information content (AvgIpc) is 3.46. The molecule has 0 aliphatic carbocycles. The monoisotopic (exact) mass is 557 g/mol. The fourth-order valence-corrected chi connectivity index (χ4v) is 4.78. The zero-order valence-corrected chi connectivity index (χ0v) is 21.5. The number of nitrogens with two attached hydrogens (primary N) is 1. The molecule has 5 rings (SSSR count). The number of benzene rings is 1. The molecule has 0 unspecified atom stereocenters. The van der Waals surface area contributed by atoms with Gasteiger partial charge >= 0.3 is 6.09 Å². The van der Waals surface area contributed by atoms with Crippen LogP contribution in [0.3, 0.4) is 0 Å². The number of fused-ring (bicyclic) bond motifs is 1. The fraction of sp³-hybridized carbons (Fsp3) is 0.440. The van der Waals surface area contributed by atoms with Crippen molar-refractivity contribution in [3.8, 4) is 17.6 Å². The number of nitrogens with zero attached hydrogens (tertiary/aromatic N) is 5. The molecular formula is C25H28ClN7O6. The fourth-order valence-electron chi connectivity index (χ4n) is 4.60. The van der Waals surface area contributed by atoms with E-state index in [2.05, 4.69) is 32.2 Å². The van der Waals surface area contributed by atoms with Crippen molar-refractivity contribution in [2.24, 2.45) is 5.92 Å². The Bertz CT molecular complexity index is 1400.